The number of carboxylic acids is 3. The van der Waals surface area contributed by atoms with Gasteiger partial charge in [0.05, 0.1) is 24.6 Å². The number of alkyl halides is 3. The molecule has 0 aliphatic carbocycles. The second kappa shape index (κ2) is 12.8. The van der Waals surface area contributed by atoms with Crippen molar-refractivity contribution in [1.29, 1.82) is 0 Å². The van der Waals surface area contributed by atoms with Crippen LogP contribution < -0.4 is 0 Å². The maximum Gasteiger partial charge on any atom is 0.433 e. The van der Waals surface area contributed by atoms with Crippen LogP contribution in [0.4, 0.5) is 13.2 Å². The number of carboxylic acid groups (broad SMARTS) is 3. The molecule has 0 saturated carbocycles. The van der Waals surface area contributed by atoms with Gasteiger partial charge in [0, 0.05) is 24.0 Å². The highest BCUT2D eigenvalue weighted by Gasteiger charge is 2.41. The van der Waals surface area contributed by atoms with Gasteiger partial charge in [-0.2, -0.15) is 23.4 Å². The van der Waals surface area contributed by atoms with E-state index in [-0.39, 0.29) is 17.5 Å². The number of aromatic nitrogens is 5. The molecule has 4 heterocycles. The predicted molar refractivity (Wildman–Crippen MR) is 140 cm³/mol. The van der Waals surface area contributed by atoms with Gasteiger partial charge in [0.25, 0.3) is 5.91 Å². The Morgan fingerprint density at radius 1 is 1.07 bits per heavy atom. The molecule has 0 spiro atoms. The number of H-pyrrole nitrogens is 1. The minimum absolute atomic E-state index is 0.137. The molecular formula is C26H31F3N6O8. The van der Waals surface area contributed by atoms with Crippen LogP contribution in [0.3, 0.4) is 0 Å². The number of rotatable bonds is 9. The van der Waals surface area contributed by atoms with E-state index in [2.05, 4.69) is 20.3 Å². The zero-order valence-electron chi connectivity index (χ0n) is 23.4. The number of likely N-dealkylation sites (tertiary alicyclic amines) is 1. The van der Waals surface area contributed by atoms with Crippen molar-refractivity contribution in [2.24, 2.45) is 0 Å². The van der Waals surface area contributed by atoms with Crippen molar-refractivity contribution in [2.45, 2.75) is 76.6 Å². The molecule has 0 radical (unpaired) electrons. The fourth-order valence-corrected chi connectivity index (χ4v) is 4.51. The average molecular weight is 613 g/mol. The van der Waals surface area contributed by atoms with Gasteiger partial charge in [-0.3, -0.25) is 19.5 Å². The van der Waals surface area contributed by atoms with E-state index in [1.165, 1.54) is 0 Å². The van der Waals surface area contributed by atoms with E-state index in [4.69, 9.17) is 20.4 Å². The van der Waals surface area contributed by atoms with Gasteiger partial charge in [-0.05, 0) is 37.3 Å². The average Bonchev–Trinajstić information content (AvgIpc) is 3.65. The zero-order chi connectivity index (χ0) is 32.3. The molecule has 3 aromatic heterocycles. The summed E-state index contributed by atoms with van der Waals surface area (Å²) in [4.78, 5) is 49.4. The number of nitrogens with one attached hydrogen (secondary N) is 1. The number of carbonyl (C=O) groups is 4. The van der Waals surface area contributed by atoms with Crippen LogP contribution in [0, 0.1) is 0 Å². The van der Waals surface area contributed by atoms with E-state index in [1.54, 1.807) is 24.0 Å². The molecule has 1 aliphatic rings. The Labute approximate surface area is 242 Å². The number of fused-ring (bicyclic) bond motifs is 1. The van der Waals surface area contributed by atoms with E-state index in [1.807, 2.05) is 13.8 Å². The minimum Gasteiger partial charge on any atom is -0.481 e. The number of hydrogen-bond donors (Lipinski definition) is 5. The summed E-state index contributed by atoms with van der Waals surface area (Å²) < 4.78 is 41.5. The summed E-state index contributed by atoms with van der Waals surface area (Å²) in [6.07, 6.45) is -5.10. The quantitative estimate of drug-likeness (QED) is 0.237. The molecule has 43 heavy (non-hydrogen) atoms. The molecule has 1 fully saturated rings. The molecule has 17 heteroatoms. The number of carbonyl (C=O) groups excluding carboxylic acids is 1. The second-order valence-corrected chi connectivity index (χ2v) is 10.3. The van der Waals surface area contributed by atoms with Gasteiger partial charge in [-0.25, -0.2) is 14.3 Å². The molecule has 1 saturated heterocycles. The first kappa shape index (κ1) is 33.0. The van der Waals surface area contributed by atoms with Crippen LogP contribution in [-0.2, 0) is 27.0 Å². The van der Waals surface area contributed by atoms with Gasteiger partial charge in [0.15, 0.2) is 11.2 Å². The van der Waals surface area contributed by atoms with Crippen LogP contribution in [0.1, 0.15) is 91.7 Å². The summed E-state index contributed by atoms with van der Waals surface area (Å²) in [6, 6.07) is 3.89. The smallest absolute Gasteiger partial charge is 0.433 e. The summed E-state index contributed by atoms with van der Waals surface area (Å²) in [5.74, 6) is -5.07. The Morgan fingerprint density at radius 3 is 2.19 bits per heavy atom. The summed E-state index contributed by atoms with van der Waals surface area (Å²) in [7, 11) is 0. The molecule has 234 valence electrons. The molecule has 1 unspecified atom stereocenters. The maximum absolute atomic E-state index is 13.5. The van der Waals surface area contributed by atoms with E-state index >= 15 is 0 Å². The summed E-state index contributed by atoms with van der Waals surface area (Å²) in [5.41, 5.74) is -1.55. The molecule has 0 aromatic carbocycles. The van der Waals surface area contributed by atoms with Crippen LogP contribution in [0.5, 0.6) is 0 Å². The third-order valence-electron chi connectivity index (χ3n) is 6.73. The lowest BCUT2D eigenvalue weighted by Crippen LogP contribution is -2.42. The van der Waals surface area contributed by atoms with E-state index in [0.717, 1.165) is 22.7 Å². The Morgan fingerprint density at radius 2 is 1.70 bits per heavy atom. The first-order valence-electron chi connectivity index (χ1n) is 13.2. The maximum atomic E-state index is 13.5. The van der Waals surface area contributed by atoms with E-state index < -0.39 is 54.3 Å². The van der Waals surface area contributed by atoms with E-state index in [9.17, 15) is 32.3 Å². The van der Waals surface area contributed by atoms with Crippen molar-refractivity contribution >= 4 is 29.5 Å². The molecule has 4 rings (SSSR count). The van der Waals surface area contributed by atoms with Crippen molar-refractivity contribution in [3.8, 4) is 0 Å². The number of aromatic amines is 1. The number of halogens is 3. The standard InChI is InChI=1S/C20H23F3N6O.C6H8O7/c1-4-12-8-17(20(21,22)23)29-18(24-12)10-14(27-29)16-6-5-7-28(16)19(30)15-9-13(11(2)3)25-26-15;7-3(8)1-6(13,5(11)12)2-4(9)10/h8-11,16H,4-7H2,1-3H3,(H,25,26);13H,1-2H2,(H,7,8)(H,9,10)(H,11,12). The fourth-order valence-electron chi connectivity index (χ4n) is 4.51. The highest BCUT2D eigenvalue weighted by Crippen LogP contribution is 2.35. The Balaban J connectivity index is 0.000000331. The molecule has 1 atom stereocenters. The number of amides is 1. The van der Waals surface area contributed by atoms with Crippen LogP contribution in [0.25, 0.3) is 5.65 Å². The topological polar surface area (TPSA) is 211 Å². The number of nitrogens with zero attached hydrogens (tertiary/aromatic N) is 5. The first-order valence-corrected chi connectivity index (χ1v) is 13.2. The summed E-state index contributed by atoms with van der Waals surface area (Å²) in [5, 5.41) is 45.0. The number of hydrogen-bond acceptors (Lipinski definition) is 8. The monoisotopic (exact) mass is 612 g/mol. The van der Waals surface area contributed by atoms with Gasteiger partial charge < -0.3 is 25.3 Å². The fraction of sp³-hybridized carbons (Fsp3) is 0.500. The highest BCUT2D eigenvalue weighted by molar-refractivity contribution is 5.93. The van der Waals surface area contributed by atoms with Gasteiger partial charge in [0.2, 0.25) is 0 Å². The zero-order valence-corrected chi connectivity index (χ0v) is 23.4. The lowest BCUT2D eigenvalue weighted by molar-refractivity contribution is -0.170. The highest BCUT2D eigenvalue weighted by atomic mass is 19.4. The third kappa shape index (κ3) is 7.65. The predicted octanol–water partition coefficient (Wildman–Crippen LogP) is 2.89. The molecule has 1 amide bonds. The number of aliphatic carboxylic acids is 3. The van der Waals surface area contributed by atoms with Crippen LogP contribution >= 0.6 is 0 Å². The largest absolute Gasteiger partial charge is 0.481 e. The molecule has 1 aliphatic heterocycles. The normalized spacial score (nSPS) is 15.4. The van der Waals surface area contributed by atoms with Gasteiger partial charge >= 0.3 is 24.1 Å². The van der Waals surface area contributed by atoms with Crippen molar-refractivity contribution < 1.29 is 52.8 Å². The first-order chi connectivity index (χ1) is 20.0. The lowest BCUT2D eigenvalue weighted by Gasteiger charge is -2.22. The Bertz CT molecular complexity index is 1500. The van der Waals surface area contributed by atoms with Gasteiger partial charge in [-0.15, -0.1) is 0 Å². The van der Waals surface area contributed by atoms with Crippen molar-refractivity contribution in [3.05, 3.63) is 46.7 Å². The van der Waals surface area contributed by atoms with Crippen molar-refractivity contribution in [2.75, 3.05) is 6.54 Å². The molecule has 3 aromatic rings. The SMILES string of the molecule is CCc1cc(C(F)(F)F)n2nc(C3CCCN3C(=O)c3cc(C(C)C)[nH]n3)cc2n1.O=C(O)CC(O)(CC(=O)O)C(=O)O. The van der Waals surface area contributed by atoms with Crippen LogP contribution in [0.15, 0.2) is 18.2 Å². The molecule has 5 N–H and O–H groups in total. The van der Waals surface area contributed by atoms with Gasteiger partial charge in [0.1, 0.15) is 11.4 Å². The minimum atomic E-state index is -4.55. The molecular weight excluding hydrogens is 581 g/mol. The van der Waals surface area contributed by atoms with Crippen LogP contribution in [0.2, 0.25) is 0 Å². The van der Waals surface area contributed by atoms with Crippen LogP contribution in [-0.4, -0.2) is 86.1 Å². The summed E-state index contributed by atoms with van der Waals surface area (Å²) in [6.45, 7) is 6.24. The van der Waals surface area contributed by atoms with Crippen molar-refractivity contribution in [3.63, 3.8) is 0 Å². The molecule has 0 bridgehead atoms. The molecule has 14 nitrogen and oxygen atoms in total. The Kier molecular flexibility index (Phi) is 9.79. The van der Waals surface area contributed by atoms with Crippen molar-refractivity contribution in [1.82, 2.24) is 29.7 Å². The number of aliphatic hydroxyl groups is 1. The lowest BCUT2D eigenvalue weighted by atomic mass is 9.96. The summed E-state index contributed by atoms with van der Waals surface area (Å²) >= 11 is 0. The third-order valence-corrected chi connectivity index (χ3v) is 6.73. The van der Waals surface area contributed by atoms with Gasteiger partial charge in [-0.1, -0.05) is 20.8 Å². The van der Waals surface area contributed by atoms with E-state index in [0.29, 0.717) is 36.5 Å². The second-order valence-electron chi connectivity index (χ2n) is 10.3. The Hall–Kier alpha value is -4.54. The number of aryl methyl sites for hydroxylation is 1.